The van der Waals surface area contributed by atoms with E-state index in [0.717, 1.165) is 15.8 Å². The molecule has 0 saturated heterocycles. The average Bonchev–Trinajstić information content (AvgIpc) is 2.29. The van der Waals surface area contributed by atoms with Crippen molar-refractivity contribution < 1.29 is 4.74 Å². The van der Waals surface area contributed by atoms with Gasteiger partial charge in [-0.3, -0.25) is 0 Å². The third kappa shape index (κ3) is 3.22. The van der Waals surface area contributed by atoms with Gasteiger partial charge in [-0.15, -0.1) is 0 Å². The van der Waals surface area contributed by atoms with Gasteiger partial charge in [-0.2, -0.15) is 0 Å². The first-order valence-electron chi connectivity index (χ1n) is 5.11. The van der Waals surface area contributed by atoms with Crippen LogP contribution in [0.4, 0.5) is 0 Å². The quantitative estimate of drug-likeness (QED) is 0.914. The van der Waals surface area contributed by atoms with E-state index in [1.54, 1.807) is 12.1 Å². The van der Waals surface area contributed by atoms with Crippen LogP contribution in [0, 0.1) is 0 Å². The molecule has 0 spiro atoms. The van der Waals surface area contributed by atoms with Crippen LogP contribution in [0.15, 0.2) is 46.9 Å². The minimum Gasteiger partial charge on any atom is -0.457 e. The second kappa shape index (κ2) is 5.54. The highest BCUT2D eigenvalue weighted by Crippen LogP contribution is 2.29. The van der Waals surface area contributed by atoms with E-state index >= 15 is 0 Å². The van der Waals surface area contributed by atoms with Crippen molar-refractivity contribution in [2.45, 2.75) is 6.54 Å². The van der Waals surface area contributed by atoms with Crippen LogP contribution in [0.2, 0.25) is 5.02 Å². The Kier molecular flexibility index (Phi) is 4.05. The molecule has 0 aromatic heterocycles. The summed E-state index contributed by atoms with van der Waals surface area (Å²) in [6.07, 6.45) is 0. The van der Waals surface area contributed by atoms with Crippen LogP contribution in [0.5, 0.6) is 11.5 Å². The standard InChI is InChI=1S/C13H11BrClNO/c14-10-5-4-9(8-16)13(6-10)17-12-3-1-2-11(15)7-12/h1-7H,8,16H2. The van der Waals surface area contributed by atoms with E-state index in [1.165, 1.54) is 0 Å². The number of halogens is 2. The van der Waals surface area contributed by atoms with Gasteiger partial charge in [0.15, 0.2) is 0 Å². The molecule has 17 heavy (non-hydrogen) atoms. The van der Waals surface area contributed by atoms with Crippen LogP contribution in [-0.2, 0) is 6.54 Å². The molecule has 0 saturated carbocycles. The Bertz CT molecular complexity index is 531. The Balaban J connectivity index is 2.32. The third-order valence-corrected chi connectivity index (χ3v) is 3.00. The van der Waals surface area contributed by atoms with Gasteiger partial charge < -0.3 is 10.5 Å². The molecule has 2 nitrogen and oxygen atoms in total. The highest BCUT2D eigenvalue weighted by Gasteiger charge is 2.05. The molecule has 4 heteroatoms. The SMILES string of the molecule is NCc1ccc(Br)cc1Oc1cccc(Cl)c1. The second-order valence-corrected chi connectivity index (χ2v) is 4.87. The molecule has 0 aliphatic rings. The summed E-state index contributed by atoms with van der Waals surface area (Å²) < 4.78 is 6.72. The van der Waals surface area contributed by atoms with Crippen LogP contribution in [0.3, 0.4) is 0 Å². The molecule has 0 fully saturated rings. The van der Waals surface area contributed by atoms with Crippen molar-refractivity contribution in [3.63, 3.8) is 0 Å². The van der Waals surface area contributed by atoms with Crippen LogP contribution >= 0.6 is 27.5 Å². The summed E-state index contributed by atoms with van der Waals surface area (Å²) in [5.74, 6) is 1.44. The molecule has 2 aromatic rings. The van der Waals surface area contributed by atoms with Crippen molar-refractivity contribution in [3.8, 4) is 11.5 Å². The number of benzene rings is 2. The van der Waals surface area contributed by atoms with Gasteiger partial charge in [0.1, 0.15) is 11.5 Å². The van der Waals surface area contributed by atoms with E-state index < -0.39 is 0 Å². The van der Waals surface area contributed by atoms with E-state index in [1.807, 2.05) is 30.3 Å². The predicted molar refractivity (Wildman–Crippen MR) is 73.6 cm³/mol. The summed E-state index contributed by atoms with van der Waals surface area (Å²) in [6.45, 7) is 0.434. The third-order valence-electron chi connectivity index (χ3n) is 2.27. The first-order valence-corrected chi connectivity index (χ1v) is 6.28. The van der Waals surface area contributed by atoms with E-state index in [4.69, 9.17) is 22.1 Å². The molecule has 2 rings (SSSR count). The van der Waals surface area contributed by atoms with Gasteiger partial charge in [0.2, 0.25) is 0 Å². The van der Waals surface area contributed by atoms with Gasteiger partial charge in [-0.1, -0.05) is 39.7 Å². The Morgan fingerprint density at radius 2 is 2.00 bits per heavy atom. The molecule has 88 valence electrons. The fourth-order valence-corrected chi connectivity index (χ4v) is 1.97. The lowest BCUT2D eigenvalue weighted by Gasteiger charge is -2.10. The van der Waals surface area contributed by atoms with E-state index in [9.17, 15) is 0 Å². The summed E-state index contributed by atoms with van der Waals surface area (Å²) in [5, 5.41) is 0.645. The summed E-state index contributed by atoms with van der Waals surface area (Å²) in [7, 11) is 0. The van der Waals surface area contributed by atoms with Crippen molar-refractivity contribution in [3.05, 3.63) is 57.5 Å². The molecule has 0 atom stereocenters. The van der Waals surface area contributed by atoms with E-state index in [-0.39, 0.29) is 0 Å². The molecule has 0 unspecified atom stereocenters. The Morgan fingerprint density at radius 1 is 1.18 bits per heavy atom. The summed E-state index contributed by atoms with van der Waals surface area (Å²) in [4.78, 5) is 0. The molecule has 2 aromatic carbocycles. The van der Waals surface area contributed by atoms with Crippen LogP contribution in [-0.4, -0.2) is 0 Å². The first-order chi connectivity index (χ1) is 8.19. The van der Waals surface area contributed by atoms with E-state index in [0.29, 0.717) is 17.3 Å². The van der Waals surface area contributed by atoms with Gasteiger partial charge in [-0.25, -0.2) is 0 Å². The van der Waals surface area contributed by atoms with Crippen molar-refractivity contribution in [1.29, 1.82) is 0 Å². The normalized spacial score (nSPS) is 10.3. The van der Waals surface area contributed by atoms with Gasteiger partial charge in [0.25, 0.3) is 0 Å². The highest BCUT2D eigenvalue weighted by atomic mass is 79.9. The number of rotatable bonds is 3. The molecular weight excluding hydrogens is 302 g/mol. The lowest BCUT2D eigenvalue weighted by Crippen LogP contribution is -1.99. The number of hydrogen-bond acceptors (Lipinski definition) is 2. The van der Waals surface area contributed by atoms with Crippen molar-refractivity contribution in [2.24, 2.45) is 5.73 Å². The summed E-state index contributed by atoms with van der Waals surface area (Å²) in [5.41, 5.74) is 6.61. The molecule has 2 N–H and O–H groups in total. The van der Waals surface area contributed by atoms with Gasteiger partial charge in [0, 0.05) is 21.6 Å². The molecule has 0 bridgehead atoms. The first kappa shape index (κ1) is 12.4. The maximum atomic E-state index is 5.90. The van der Waals surface area contributed by atoms with Crippen molar-refractivity contribution in [1.82, 2.24) is 0 Å². The maximum Gasteiger partial charge on any atom is 0.133 e. The zero-order valence-electron chi connectivity index (χ0n) is 8.99. The Hall–Kier alpha value is -1.03. The fraction of sp³-hybridized carbons (Fsp3) is 0.0769. The molecule has 0 amide bonds. The van der Waals surface area contributed by atoms with Crippen LogP contribution in [0.25, 0.3) is 0 Å². The largest absolute Gasteiger partial charge is 0.457 e. The monoisotopic (exact) mass is 311 g/mol. The van der Waals surface area contributed by atoms with Crippen LogP contribution < -0.4 is 10.5 Å². The number of hydrogen-bond donors (Lipinski definition) is 1. The van der Waals surface area contributed by atoms with Gasteiger partial charge in [-0.05, 0) is 30.3 Å². The molecule has 0 radical (unpaired) electrons. The smallest absolute Gasteiger partial charge is 0.133 e. The predicted octanol–water partition coefficient (Wildman–Crippen LogP) is 4.35. The maximum absolute atomic E-state index is 5.90. The van der Waals surface area contributed by atoms with Crippen LogP contribution in [0.1, 0.15) is 5.56 Å². The number of nitrogens with two attached hydrogens (primary N) is 1. The second-order valence-electron chi connectivity index (χ2n) is 3.52. The van der Waals surface area contributed by atoms with E-state index in [2.05, 4.69) is 15.9 Å². The molecular formula is C13H11BrClNO. The lowest BCUT2D eigenvalue weighted by atomic mass is 10.2. The van der Waals surface area contributed by atoms with Crippen molar-refractivity contribution in [2.75, 3.05) is 0 Å². The Labute approximate surface area is 113 Å². The number of ether oxygens (including phenoxy) is 1. The summed E-state index contributed by atoms with van der Waals surface area (Å²) in [6, 6.07) is 13.0. The topological polar surface area (TPSA) is 35.2 Å². The molecule has 0 heterocycles. The van der Waals surface area contributed by atoms with Gasteiger partial charge >= 0.3 is 0 Å². The fourth-order valence-electron chi connectivity index (χ4n) is 1.45. The zero-order chi connectivity index (χ0) is 12.3. The van der Waals surface area contributed by atoms with Crippen molar-refractivity contribution >= 4 is 27.5 Å². The zero-order valence-corrected chi connectivity index (χ0v) is 11.3. The summed E-state index contributed by atoms with van der Waals surface area (Å²) >= 11 is 9.31. The van der Waals surface area contributed by atoms with Gasteiger partial charge in [0.05, 0.1) is 0 Å². The molecule has 0 aliphatic heterocycles. The highest BCUT2D eigenvalue weighted by molar-refractivity contribution is 9.10. The average molecular weight is 313 g/mol. The minimum atomic E-state index is 0.434. The molecule has 0 aliphatic carbocycles. The minimum absolute atomic E-state index is 0.434. The Morgan fingerprint density at radius 3 is 2.71 bits per heavy atom. The lowest BCUT2D eigenvalue weighted by molar-refractivity contribution is 0.476.